The van der Waals surface area contributed by atoms with Crippen LogP contribution in [0.25, 0.3) is 0 Å². The Morgan fingerprint density at radius 1 is 1.12 bits per heavy atom. The van der Waals surface area contributed by atoms with E-state index in [2.05, 4.69) is 5.32 Å². The van der Waals surface area contributed by atoms with Crippen molar-refractivity contribution in [3.05, 3.63) is 18.2 Å². The highest BCUT2D eigenvalue weighted by atomic mass is 16.5. The molecule has 0 spiro atoms. The van der Waals surface area contributed by atoms with Crippen molar-refractivity contribution in [3.63, 3.8) is 0 Å². The monoisotopic (exact) mass is 336 g/mol. The summed E-state index contributed by atoms with van der Waals surface area (Å²) in [7, 11) is 1.63. The second-order valence-corrected chi connectivity index (χ2v) is 5.92. The number of rotatable bonds is 9. The molecule has 1 aromatic carbocycles. The second-order valence-electron chi connectivity index (χ2n) is 5.92. The highest BCUT2D eigenvalue weighted by molar-refractivity contribution is 5.94. The lowest BCUT2D eigenvalue weighted by atomic mass is 10.1. The van der Waals surface area contributed by atoms with Crippen LogP contribution >= 0.6 is 0 Å². The molecule has 24 heavy (non-hydrogen) atoms. The Kier molecular flexibility index (Phi) is 8.09. The zero-order chi connectivity index (χ0) is 18.1. The van der Waals surface area contributed by atoms with E-state index >= 15 is 0 Å². The van der Waals surface area contributed by atoms with Gasteiger partial charge in [0, 0.05) is 25.2 Å². The molecule has 0 bridgehead atoms. The number of carbonyl (C=O) groups is 2. The molecule has 1 N–H and O–H groups in total. The van der Waals surface area contributed by atoms with Crippen LogP contribution in [0.3, 0.4) is 0 Å². The summed E-state index contributed by atoms with van der Waals surface area (Å²) in [5, 5.41) is 2.78. The number of anilines is 1. The molecule has 0 radical (unpaired) electrons. The molecule has 1 rings (SSSR count). The van der Waals surface area contributed by atoms with Crippen LogP contribution < -0.4 is 14.8 Å². The van der Waals surface area contributed by atoms with Gasteiger partial charge in [0.1, 0.15) is 0 Å². The van der Waals surface area contributed by atoms with E-state index < -0.39 is 0 Å². The number of carbonyl (C=O) groups excluding carboxylic acids is 2. The molecule has 2 amide bonds. The lowest BCUT2D eigenvalue weighted by Gasteiger charge is -2.18. The van der Waals surface area contributed by atoms with Gasteiger partial charge in [-0.1, -0.05) is 13.8 Å². The van der Waals surface area contributed by atoms with Crippen LogP contribution in [-0.4, -0.2) is 43.5 Å². The molecule has 1 aromatic rings. The predicted molar refractivity (Wildman–Crippen MR) is 94.5 cm³/mol. The van der Waals surface area contributed by atoms with E-state index in [0.29, 0.717) is 36.8 Å². The molecule has 0 aliphatic carbocycles. The van der Waals surface area contributed by atoms with Crippen molar-refractivity contribution in [2.75, 3.05) is 32.1 Å². The standard InChI is InChI=1S/C18H28N2O4/c1-6-23-15-9-8-14(11-16(15)24-7-2)19-17(21)12-20(5)18(22)10-13(3)4/h8-9,11,13H,6-7,10,12H2,1-5H3,(H,19,21). The largest absolute Gasteiger partial charge is 0.490 e. The lowest BCUT2D eigenvalue weighted by molar-refractivity contribution is -0.133. The van der Waals surface area contributed by atoms with Gasteiger partial charge in [-0.15, -0.1) is 0 Å². The fourth-order valence-corrected chi connectivity index (χ4v) is 2.14. The summed E-state index contributed by atoms with van der Waals surface area (Å²) >= 11 is 0. The van der Waals surface area contributed by atoms with Gasteiger partial charge in [-0.3, -0.25) is 9.59 Å². The van der Waals surface area contributed by atoms with Gasteiger partial charge in [-0.05, 0) is 31.9 Å². The third-order valence-electron chi connectivity index (χ3n) is 3.22. The van der Waals surface area contributed by atoms with Crippen molar-refractivity contribution in [3.8, 4) is 11.5 Å². The van der Waals surface area contributed by atoms with Crippen LogP contribution in [-0.2, 0) is 9.59 Å². The van der Waals surface area contributed by atoms with Crippen LogP contribution in [0.15, 0.2) is 18.2 Å². The number of likely N-dealkylation sites (N-methyl/N-ethyl adjacent to an activating group) is 1. The molecule has 0 heterocycles. The molecule has 0 fully saturated rings. The number of nitrogens with zero attached hydrogens (tertiary/aromatic N) is 1. The number of hydrogen-bond acceptors (Lipinski definition) is 4. The molecular formula is C18H28N2O4. The molecule has 0 aromatic heterocycles. The van der Waals surface area contributed by atoms with E-state index in [4.69, 9.17) is 9.47 Å². The predicted octanol–water partition coefficient (Wildman–Crippen LogP) is 2.93. The summed E-state index contributed by atoms with van der Waals surface area (Å²) in [5.41, 5.74) is 0.608. The third kappa shape index (κ3) is 6.48. The number of nitrogens with one attached hydrogen (secondary N) is 1. The maximum Gasteiger partial charge on any atom is 0.243 e. The molecule has 6 heteroatoms. The quantitative estimate of drug-likeness (QED) is 0.753. The molecule has 0 aliphatic rings. The number of ether oxygens (including phenoxy) is 2. The van der Waals surface area contributed by atoms with E-state index in [-0.39, 0.29) is 24.3 Å². The summed E-state index contributed by atoms with van der Waals surface area (Å²) in [5.74, 6) is 1.20. The Morgan fingerprint density at radius 2 is 1.75 bits per heavy atom. The Morgan fingerprint density at radius 3 is 2.33 bits per heavy atom. The van der Waals surface area contributed by atoms with Crippen molar-refractivity contribution in [2.24, 2.45) is 5.92 Å². The van der Waals surface area contributed by atoms with Gasteiger partial charge in [0.2, 0.25) is 11.8 Å². The molecule has 134 valence electrons. The van der Waals surface area contributed by atoms with Gasteiger partial charge in [-0.2, -0.15) is 0 Å². The van der Waals surface area contributed by atoms with Crippen molar-refractivity contribution in [2.45, 2.75) is 34.1 Å². The second kappa shape index (κ2) is 9.80. The highest BCUT2D eigenvalue weighted by Gasteiger charge is 2.15. The first kappa shape index (κ1) is 19.8. The van der Waals surface area contributed by atoms with Crippen LogP contribution in [0.5, 0.6) is 11.5 Å². The fourth-order valence-electron chi connectivity index (χ4n) is 2.14. The van der Waals surface area contributed by atoms with Gasteiger partial charge < -0.3 is 19.7 Å². The zero-order valence-electron chi connectivity index (χ0n) is 15.2. The number of hydrogen-bond donors (Lipinski definition) is 1. The Bertz CT molecular complexity index is 558. The Balaban J connectivity index is 2.69. The Hall–Kier alpha value is -2.24. The first-order valence-corrected chi connectivity index (χ1v) is 8.30. The maximum absolute atomic E-state index is 12.1. The van der Waals surface area contributed by atoms with Gasteiger partial charge in [0.15, 0.2) is 11.5 Å². The van der Waals surface area contributed by atoms with Crippen LogP contribution in [0, 0.1) is 5.92 Å². The average Bonchev–Trinajstić information content (AvgIpc) is 2.49. The van der Waals surface area contributed by atoms with Crippen molar-refractivity contribution < 1.29 is 19.1 Å². The fraction of sp³-hybridized carbons (Fsp3) is 0.556. The summed E-state index contributed by atoms with van der Waals surface area (Å²) in [6.07, 6.45) is 0.432. The van der Waals surface area contributed by atoms with Gasteiger partial charge in [0.25, 0.3) is 0 Å². The average molecular weight is 336 g/mol. The minimum Gasteiger partial charge on any atom is -0.490 e. The van der Waals surface area contributed by atoms with Crippen molar-refractivity contribution >= 4 is 17.5 Å². The summed E-state index contributed by atoms with van der Waals surface area (Å²) in [4.78, 5) is 25.5. The van der Waals surface area contributed by atoms with Gasteiger partial charge in [-0.25, -0.2) is 0 Å². The third-order valence-corrected chi connectivity index (χ3v) is 3.22. The Labute approximate surface area is 144 Å². The molecule has 0 unspecified atom stereocenters. The molecule has 0 aliphatic heterocycles. The number of amides is 2. The minimum absolute atomic E-state index is 0.0166. The highest BCUT2D eigenvalue weighted by Crippen LogP contribution is 2.30. The zero-order valence-corrected chi connectivity index (χ0v) is 15.2. The summed E-state index contributed by atoms with van der Waals surface area (Å²) < 4.78 is 11.0. The van der Waals surface area contributed by atoms with Crippen LogP contribution in [0.2, 0.25) is 0 Å². The SMILES string of the molecule is CCOc1ccc(NC(=O)CN(C)C(=O)CC(C)C)cc1OCC. The molecule has 6 nitrogen and oxygen atoms in total. The van der Waals surface area contributed by atoms with E-state index in [1.165, 1.54) is 4.90 Å². The normalized spacial score (nSPS) is 10.4. The van der Waals surface area contributed by atoms with E-state index in [1.807, 2.05) is 27.7 Å². The van der Waals surface area contributed by atoms with Crippen molar-refractivity contribution in [1.29, 1.82) is 0 Å². The molecule has 0 saturated carbocycles. The molecular weight excluding hydrogens is 308 g/mol. The van der Waals surface area contributed by atoms with E-state index in [9.17, 15) is 9.59 Å². The summed E-state index contributed by atoms with van der Waals surface area (Å²) in [6.45, 7) is 8.79. The smallest absolute Gasteiger partial charge is 0.243 e. The van der Waals surface area contributed by atoms with Gasteiger partial charge in [0.05, 0.1) is 19.8 Å². The van der Waals surface area contributed by atoms with E-state index in [0.717, 1.165) is 0 Å². The first-order valence-electron chi connectivity index (χ1n) is 8.30. The molecule has 0 saturated heterocycles. The van der Waals surface area contributed by atoms with Crippen LogP contribution in [0.4, 0.5) is 5.69 Å². The van der Waals surface area contributed by atoms with E-state index in [1.54, 1.807) is 25.2 Å². The van der Waals surface area contributed by atoms with Gasteiger partial charge >= 0.3 is 0 Å². The first-order chi connectivity index (χ1) is 11.4. The van der Waals surface area contributed by atoms with Crippen molar-refractivity contribution in [1.82, 2.24) is 4.90 Å². The molecule has 0 atom stereocenters. The minimum atomic E-state index is -0.249. The maximum atomic E-state index is 12.1. The summed E-state index contributed by atoms with van der Waals surface area (Å²) in [6, 6.07) is 5.24. The lowest BCUT2D eigenvalue weighted by Crippen LogP contribution is -2.35. The number of benzene rings is 1. The van der Waals surface area contributed by atoms with Crippen LogP contribution in [0.1, 0.15) is 34.1 Å². The topological polar surface area (TPSA) is 67.9 Å².